The molecular formula is C14H13BrClN3O. The Labute approximate surface area is 130 Å². The smallest absolute Gasteiger partial charge is 0.221 e. The lowest BCUT2D eigenvalue weighted by Crippen LogP contribution is -2.07. The van der Waals surface area contributed by atoms with Crippen LogP contribution in [0.2, 0.25) is 5.02 Å². The van der Waals surface area contributed by atoms with Crippen LogP contribution in [0.25, 0.3) is 0 Å². The van der Waals surface area contributed by atoms with Crippen LogP contribution in [-0.2, 0) is 11.3 Å². The predicted molar refractivity (Wildman–Crippen MR) is 85.0 cm³/mol. The highest BCUT2D eigenvalue weighted by Gasteiger charge is 2.03. The average molecular weight is 355 g/mol. The van der Waals surface area contributed by atoms with E-state index >= 15 is 0 Å². The Hall–Kier alpha value is -1.59. The lowest BCUT2D eigenvalue weighted by Gasteiger charge is -2.09. The maximum atomic E-state index is 11.0. The van der Waals surface area contributed by atoms with Gasteiger partial charge >= 0.3 is 0 Å². The molecule has 0 unspecified atom stereocenters. The molecule has 2 rings (SSSR count). The molecule has 0 atom stereocenters. The molecule has 0 fully saturated rings. The molecule has 1 aromatic heterocycles. The van der Waals surface area contributed by atoms with E-state index in [-0.39, 0.29) is 5.91 Å². The monoisotopic (exact) mass is 353 g/mol. The predicted octanol–water partition coefficient (Wildman–Crippen LogP) is 4.07. The normalized spacial score (nSPS) is 10.2. The molecule has 104 valence electrons. The van der Waals surface area contributed by atoms with Gasteiger partial charge in [-0.3, -0.25) is 4.79 Å². The van der Waals surface area contributed by atoms with E-state index in [0.717, 1.165) is 16.0 Å². The van der Waals surface area contributed by atoms with Crippen molar-refractivity contribution in [1.29, 1.82) is 0 Å². The van der Waals surface area contributed by atoms with Gasteiger partial charge in [-0.1, -0.05) is 17.7 Å². The molecule has 1 amide bonds. The number of carbonyl (C=O) groups is 1. The van der Waals surface area contributed by atoms with Gasteiger partial charge in [-0.2, -0.15) is 0 Å². The number of anilines is 2. The Morgan fingerprint density at radius 1 is 1.35 bits per heavy atom. The zero-order chi connectivity index (χ0) is 14.5. The number of hydrogen-bond donors (Lipinski definition) is 2. The van der Waals surface area contributed by atoms with Gasteiger partial charge in [0.05, 0.1) is 22.9 Å². The molecule has 0 saturated carbocycles. The first-order valence-corrected chi connectivity index (χ1v) is 7.14. The van der Waals surface area contributed by atoms with E-state index in [1.165, 1.54) is 6.92 Å². The SMILES string of the molecule is CC(=O)Nc1ccc(NCc2cccc(Br)n2)cc1Cl. The number of rotatable bonds is 4. The molecule has 0 bridgehead atoms. The van der Waals surface area contributed by atoms with Crippen molar-refractivity contribution in [2.75, 3.05) is 10.6 Å². The molecule has 1 aromatic carbocycles. The van der Waals surface area contributed by atoms with Crippen molar-refractivity contribution in [2.24, 2.45) is 0 Å². The van der Waals surface area contributed by atoms with E-state index < -0.39 is 0 Å². The quantitative estimate of drug-likeness (QED) is 0.814. The molecule has 2 aromatic rings. The van der Waals surface area contributed by atoms with Gasteiger partial charge in [0.15, 0.2) is 0 Å². The lowest BCUT2D eigenvalue weighted by atomic mass is 10.2. The second-order valence-corrected chi connectivity index (χ2v) is 5.40. The number of amides is 1. The third kappa shape index (κ3) is 4.21. The van der Waals surface area contributed by atoms with Crippen molar-refractivity contribution >= 4 is 44.8 Å². The first-order chi connectivity index (χ1) is 9.54. The molecule has 20 heavy (non-hydrogen) atoms. The van der Waals surface area contributed by atoms with Gasteiger partial charge in [-0.15, -0.1) is 0 Å². The van der Waals surface area contributed by atoms with Gasteiger partial charge in [0.2, 0.25) is 5.91 Å². The van der Waals surface area contributed by atoms with E-state index in [4.69, 9.17) is 11.6 Å². The summed E-state index contributed by atoms with van der Waals surface area (Å²) in [6.45, 7) is 2.04. The van der Waals surface area contributed by atoms with E-state index in [1.54, 1.807) is 12.1 Å². The van der Waals surface area contributed by atoms with Crippen molar-refractivity contribution in [3.05, 3.63) is 51.7 Å². The zero-order valence-corrected chi connectivity index (χ0v) is 13.1. The number of hydrogen-bond acceptors (Lipinski definition) is 3. The highest BCUT2D eigenvalue weighted by molar-refractivity contribution is 9.10. The zero-order valence-electron chi connectivity index (χ0n) is 10.8. The molecule has 0 aliphatic rings. The number of aromatic nitrogens is 1. The van der Waals surface area contributed by atoms with Crippen LogP contribution < -0.4 is 10.6 Å². The molecule has 0 aliphatic carbocycles. The van der Waals surface area contributed by atoms with Crippen molar-refractivity contribution < 1.29 is 4.79 Å². The first-order valence-electron chi connectivity index (χ1n) is 5.97. The van der Waals surface area contributed by atoms with Crippen LogP contribution in [0.1, 0.15) is 12.6 Å². The van der Waals surface area contributed by atoms with Gasteiger partial charge in [0, 0.05) is 12.6 Å². The van der Waals surface area contributed by atoms with Crippen LogP contribution in [0.3, 0.4) is 0 Å². The molecule has 0 radical (unpaired) electrons. The van der Waals surface area contributed by atoms with Crippen LogP contribution in [-0.4, -0.2) is 10.9 Å². The minimum atomic E-state index is -0.147. The van der Waals surface area contributed by atoms with E-state index in [2.05, 4.69) is 31.5 Å². The summed E-state index contributed by atoms with van der Waals surface area (Å²) in [6.07, 6.45) is 0. The Balaban J connectivity index is 2.03. The van der Waals surface area contributed by atoms with E-state index in [0.29, 0.717) is 17.3 Å². The number of carbonyl (C=O) groups excluding carboxylic acids is 1. The molecule has 0 spiro atoms. The summed E-state index contributed by atoms with van der Waals surface area (Å²) in [6, 6.07) is 11.1. The maximum Gasteiger partial charge on any atom is 0.221 e. The third-order valence-corrected chi connectivity index (χ3v) is 3.28. The third-order valence-electron chi connectivity index (χ3n) is 2.53. The van der Waals surface area contributed by atoms with Gasteiger partial charge in [0.1, 0.15) is 4.60 Å². The Morgan fingerprint density at radius 2 is 2.15 bits per heavy atom. The fourth-order valence-electron chi connectivity index (χ4n) is 1.66. The first kappa shape index (κ1) is 14.8. The summed E-state index contributed by atoms with van der Waals surface area (Å²) in [4.78, 5) is 15.3. The standard InChI is InChI=1S/C14H13BrClN3O/c1-9(20)18-13-6-5-10(7-12(13)16)17-8-11-3-2-4-14(15)19-11/h2-7,17H,8H2,1H3,(H,18,20). The molecule has 1 heterocycles. The summed E-state index contributed by atoms with van der Waals surface area (Å²) in [5.41, 5.74) is 2.39. The van der Waals surface area contributed by atoms with Gasteiger partial charge < -0.3 is 10.6 Å². The Bertz CT molecular complexity index is 634. The van der Waals surface area contributed by atoms with Crippen LogP contribution >= 0.6 is 27.5 Å². The Kier molecular flexibility index (Phi) is 4.98. The van der Waals surface area contributed by atoms with E-state index in [9.17, 15) is 4.79 Å². The molecule has 0 aliphatic heterocycles. The summed E-state index contributed by atoms with van der Waals surface area (Å²) in [7, 11) is 0. The van der Waals surface area contributed by atoms with Crippen molar-refractivity contribution in [3.63, 3.8) is 0 Å². The largest absolute Gasteiger partial charge is 0.379 e. The summed E-state index contributed by atoms with van der Waals surface area (Å²) in [5.74, 6) is -0.147. The van der Waals surface area contributed by atoms with Crippen LogP contribution in [0.15, 0.2) is 41.0 Å². The fraction of sp³-hybridized carbons (Fsp3) is 0.143. The van der Waals surface area contributed by atoms with Crippen molar-refractivity contribution in [3.8, 4) is 0 Å². The van der Waals surface area contributed by atoms with Crippen LogP contribution in [0.5, 0.6) is 0 Å². The van der Waals surface area contributed by atoms with Crippen molar-refractivity contribution in [2.45, 2.75) is 13.5 Å². The number of benzene rings is 1. The average Bonchev–Trinajstić information content (AvgIpc) is 2.39. The van der Waals surface area contributed by atoms with Gasteiger partial charge in [0.25, 0.3) is 0 Å². The lowest BCUT2D eigenvalue weighted by molar-refractivity contribution is -0.114. The topological polar surface area (TPSA) is 54.0 Å². The highest BCUT2D eigenvalue weighted by atomic mass is 79.9. The van der Waals surface area contributed by atoms with Crippen LogP contribution in [0.4, 0.5) is 11.4 Å². The number of halogens is 2. The number of nitrogens with one attached hydrogen (secondary N) is 2. The van der Waals surface area contributed by atoms with Gasteiger partial charge in [-0.25, -0.2) is 4.98 Å². The minimum Gasteiger partial charge on any atom is -0.379 e. The maximum absolute atomic E-state index is 11.0. The summed E-state index contributed by atoms with van der Waals surface area (Å²) in [5, 5.41) is 6.39. The summed E-state index contributed by atoms with van der Waals surface area (Å²) >= 11 is 9.43. The van der Waals surface area contributed by atoms with Crippen LogP contribution in [0, 0.1) is 0 Å². The highest BCUT2D eigenvalue weighted by Crippen LogP contribution is 2.25. The van der Waals surface area contributed by atoms with E-state index in [1.807, 2.05) is 24.3 Å². The van der Waals surface area contributed by atoms with Crippen molar-refractivity contribution in [1.82, 2.24) is 4.98 Å². The second-order valence-electron chi connectivity index (χ2n) is 4.18. The fourth-order valence-corrected chi connectivity index (χ4v) is 2.27. The minimum absolute atomic E-state index is 0.147. The number of nitrogens with zero attached hydrogens (tertiary/aromatic N) is 1. The second kappa shape index (κ2) is 6.72. The molecule has 2 N–H and O–H groups in total. The van der Waals surface area contributed by atoms with Gasteiger partial charge in [-0.05, 0) is 46.3 Å². The molecule has 0 saturated heterocycles. The Morgan fingerprint density at radius 3 is 2.80 bits per heavy atom. The summed E-state index contributed by atoms with van der Waals surface area (Å²) < 4.78 is 0.802. The molecule has 6 heteroatoms. The molecule has 4 nitrogen and oxygen atoms in total. The number of pyridine rings is 1. The molecular weight excluding hydrogens is 342 g/mol.